The van der Waals surface area contributed by atoms with Crippen LogP contribution in [0.15, 0.2) is 18.2 Å². The van der Waals surface area contributed by atoms with E-state index in [0.29, 0.717) is 30.2 Å². The molecule has 3 N–H and O–H groups in total. The van der Waals surface area contributed by atoms with E-state index in [9.17, 15) is 4.79 Å². The highest BCUT2D eigenvalue weighted by atomic mass is 35.5. The first-order valence-electron chi connectivity index (χ1n) is 9.78. The molecule has 1 heterocycles. The minimum Gasteiger partial charge on any atom is -0.497 e. The Morgan fingerprint density at radius 3 is 2.46 bits per heavy atom. The van der Waals surface area contributed by atoms with Gasteiger partial charge in [0.15, 0.2) is 0 Å². The molecule has 2 fully saturated rings. The molecule has 0 unspecified atom stereocenters. The number of methoxy groups -OCH3 is 1. The minimum absolute atomic E-state index is 0. The molecule has 0 spiro atoms. The number of carbonyl (C=O) groups excluding carboxylic acids is 1. The highest BCUT2D eigenvalue weighted by Gasteiger charge is 2.28. The van der Waals surface area contributed by atoms with Crippen LogP contribution in [0.1, 0.15) is 48.9 Å². The Morgan fingerprint density at radius 2 is 1.86 bits per heavy atom. The van der Waals surface area contributed by atoms with Crippen LogP contribution in [0.25, 0.3) is 0 Å². The molecule has 160 valence electrons. The van der Waals surface area contributed by atoms with E-state index >= 15 is 0 Å². The lowest BCUT2D eigenvalue weighted by molar-refractivity contribution is 0.0750. The van der Waals surface area contributed by atoms with Gasteiger partial charge in [-0.25, -0.2) is 0 Å². The zero-order valence-electron chi connectivity index (χ0n) is 16.5. The van der Waals surface area contributed by atoms with Gasteiger partial charge in [-0.3, -0.25) is 4.79 Å². The fourth-order valence-electron chi connectivity index (χ4n) is 4.00. The summed E-state index contributed by atoms with van der Waals surface area (Å²) in [7, 11) is 1.59. The maximum absolute atomic E-state index is 12.4. The van der Waals surface area contributed by atoms with Crippen LogP contribution in [0.5, 0.6) is 11.5 Å². The summed E-state index contributed by atoms with van der Waals surface area (Å²) in [6.07, 6.45) is 7.59. The van der Waals surface area contributed by atoms with Crippen molar-refractivity contribution in [3.8, 4) is 11.5 Å². The van der Waals surface area contributed by atoms with Crippen molar-refractivity contribution in [3.63, 3.8) is 0 Å². The Morgan fingerprint density at radius 1 is 1.18 bits per heavy atom. The molecule has 3 rings (SSSR count). The lowest BCUT2D eigenvalue weighted by atomic mass is 10.0. The van der Waals surface area contributed by atoms with Crippen LogP contribution in [0.3, 0.4) is 0 Å². The first-order chi connectivity index (χ1) is 12.7. The Hall–Kier alpha value is -1.21. The van der Waals surface area contributed by atoms with Crippen molar-refractivity contribution in [1.82, 2.24) is 10.2 Å². The molecule has 2 aliphatic rings. The van der Waals surface area contributed by atoms with Gasteiger partial charge >= 0.3 is 0 Å². The molecule has 8 heteroatoms. The monoisotopic (exact) mass is 433 g/mol. The maximum atomic E-state index is 12.4. The number of nitrogens with two attached hydrogens (primary N) is 1. The molecule has 28 heavy (non-hydrogen) atoms. The molecule has 0 aromatic heterocycles. The lowest BCUT2D eigenvalue weighted by Crippen LogP contribution is -2.43. The number of carbonyl (C=O) groups is 1. The number of amides is 1. The van der Waals surface area contributed by atoms with Gasteiger partial charge in [0.25, 0.3) is 5.91 Å². The smallest absolute Gasteiger partial charge is 0.255 e. The minimum atomic E-state index is -0.173. The van der Waals surface area contributed by atoms with Gasteiger partial charge in [0, 0.05) is 32.2 Å². The summed E-state index contributed by atoms with van der Waals surface area (Å²) in [5.41, 5.74) is 6.00. The normalized spacial score (nSPS) is 18.1. The van der Waals surface area contributed by atoms with Crippen LogP contribution in [0, 0.1) is 0 Å². The van der Waals surface area contributed by atoms with Crippen LogP contribution in [-0.2, 0) is 0 Å². The molecule has 0 atom stereocenters. The van der Waals surface area contributed by atoms with Gasteiger partial charge in [-0.05, 0) is 43.9 Å². The van der Waals surface area contributed by atoms with Crippen molar-refractivity contribution in [3.05, 3.63) is 23.8 Å². The number of rotatable bonds is 7. The van der Waals surface area contributed by atoms with Gasteiger partial charge in [0.1, 0.15) is 17.6 Å². The first-order valence-corrected chi connectivity index (χ1v) is 9.78. The molecule has 6 nitrogen and oxygen atoms in total. The number of ether oxygens (including phenoxy) is 2. The highest BCUT2D eigenvalue weighted by Crippen LogP contribution is 2.30. The summed E-state index contributed by atoms with van der Waals surface area (Å²) in [4.78, 5) is 15.1. The molecular weight excluding hydrogens is 401 g/mol. The second-order valence-corrected chi connectivity index (χ2v) is 7.20. The summed E-state index contributed by atoms with van der Waals surface area (Å²) in [5.74, 6) is 1.10. The van der Waals surface area contributed by atoms with E-state index in [-0.39, 0.29) is 36.8 Å². The fourth-order valence-corrected chi connectivity index (χ4v) is 4.00. The third-order valence-electron chi connectivity index (χ3n) is 5.47. The maximum Gasteiger partial charge on any atom is 0.255 e. The zero-order valence-corrected chi connectivity index (χ0v) is 18.2. The van der Waals surface area contributed by atoms with Gasteiger partial charge in [-0.2, -0.15) is 0 Å². The average Bonchev–Trinajstić information content (AvgIpc) is 3.22. The van der Waals surface area contributed by atoms with Crippen molar-refractivity contribution in [1.29, 1.82) is 0 Å². The number of likely N-dealkylation sites (tertiary alicyclic amines) is 1. The predicted molar refractivity (Wildman–Crippen MR) is 116 cm³/mol. The molecule has 1 aliphatic heterocycles. The lowest BCUT2D eigenvalue weighted by Gasteiger charge is -2.36. The van der Waals surface area contributed by atoms with Crippen molar-refractivity contribution < 1.29 is 14.3 Å². The molecular formula is C20H33Cl2N3O3. The molecule has 0 bridgehead atoms. The summed E-state index contributed by atoms with van der Waals surface area (Å²) in [6, 6.07) is 6.17. The average molecular weight is 434 g/mol. The summed E-state index contributed by atoms with van der Waals surface area (Å²) in [6.45, 7) is 3.02. The predicted octanol–water partition coefficient (Wildman–Crippen LogP) is 3.01. The molecule has 1 saturated heterocycles. The molecule has 1 aromatic rings. The van der Waals surface area contributed by atoms with E-state index < -0.39 is 0 Å². The van der Waals surface area contributed by atoms with Crippen LogP contribution < -0.4 is 20.5 Å². The Labute approximate surface area is 180 Å². The number of hydrogen-bond donors (Lipinski definition) is 2. The quantitative estimate of drug-likeness (QED) is 0.690. The number of halogens is 2. The molecule has 1 aliphatic carbocycles. The third-order valence-corrected chi connectivity index (χ3v) is 5.47. The van der Waals surface area contributed by atoms with Crippen molar-refractivity contribution in [2.75, 3.05) is 33.3 Å². The van der Waals surface area contributed by atoms with Crippen molar-refractivity contribution in [2.45, 2.75) is 50.7 Å². The van der Waals surface area contributed by atoms with E-state index in [1.165, 1.54) is 25.7 Å². The Bertz CT molecular complexity index is 604. The molecule has 0 radical (unpaired) electrons. The van der Waals surface area contributed by atoms with Crippen LogP contribution in [0.2, 0.25) is 0 Å². The van der Waals surface area contributed by atoms with Crippen LogP contribution in [-0.4, -0.2) is 56.2 Å². The SMILES string of the molecule is COc1ccc(OC2CCN(C3CCCC3)CC2)c(C(=O)NCCN)c1.Cl.Cl. The van der Waals surface area contributed by atoms with Crippen LogP contribution in [0.4, 0.5) is 0 Å². The highest BCUT2D eigenvalue weighted by molar-refractivity contribution is 5.97. The second kappa shape index (κ2) is 12.4. The van der Waals surface area contributed by atoms with E-state index in [0.717, 1.165) is 32.0 Å². The molecule has 1 amide bonds. The number of hydrogen-bond acceptors (Lipinski definition) is 5. The number of benzene rings is 1. The largest absolute Gasteiger partial charge is 0.497 e. The van der Waals surface area contributed by atoms with Crippen molar-refractivity contribution in [2.24, 2.45) is 5.73 Å². The molecule has 1 saturated carbocycles. The first kappa shape index (κ1) is 24.8. The summed E-state index contributed by atoms with van der Waals surface area (Å²) < 4.78 is 11.5. The topological polar surface area (TPSA) is 76.8 Å². The number of nitrogens with zero attached hydrogens (tertiary/aromatic N) is 1. The fraction of sp³-hybridized carbons (Fsp3) is 0.650. The van der Waals surface area contributed by atoms with E-state index in [2.05, 4.69) is 10.2 Å². The Kier molecular flexibility index (Phi) is 11.0. The number of nitrogens with one attached hydrogen (secondary N) is 1. The summed E-state index contributed by atoms with van der Waals surface area (Å²) >= 11 is 0. The second-order valence-electron chi connectivity index (χ2n) is 7.20. The van der Waals surface area contributed by atoms with Crippen molar-refractivity contribution >= 4 is 30.7 Å². The molecule has 1 aromatic carbocycles. The van der Waals surface area contributed by atoms with Crippen LogP contribution >= 0.6 is 24.8 Å². The van der Waals surface area contributed by atoms with E-state index in [4.69, 9.17) is 15.2 Å². The summed E-state index contributed by atoms with van der Waals surface area (Å²) in [5, 5.41) is 2.81. The van der Waals surface area contributed by atoms with Gasteiger partial charge < -0.3 is 25.4 Å². The van der Waals surface area contributed by atoms with Gasteiger partial charge in [-0.1, -0.05) is 12.8 Å². The zero-order chi connectivity index (χ0) is 18.4. The Balaban J connectivity index is 0.00000196. The van der Waals surface area contributed by atoms with Gasteiger partial charge in [0.2, 0.25) is 0 Å². The van der Waals surface area contributed by atoms with Gasteiger partial charge in [-0.15, -0.1) is 24.8 Å². The standard InChI is InChI=1S/C20H31N3O3.2ClH/c1-25-17-6-7-19(18(14-17)20(24)22-11-10-21)26-16-8-12-23(13-9-16)15-4-2-3-5-15;;/h6-7,14-16H,2-5,8-13,21H2,1H3,(H,22,24);2*1H. The van der Waals surface area contributed by atoms with E-state index in [1.807, 2.05) is 12.1 Å². The van der Waals surface area contributed by atoms with E-state index in [1.54, 1.807) is 13.2 Å². The third kappa shape index (κ3) is 6.41. The van der Waals surface area contributed by atoms with Gasteiger partial charge in [0.05, 0.1) is 12.7 Å². The number of piperidine rings is 1.